The van der Waals surface area contributed by atoms with Gasteiger partial charge >= 0.3 is 5.97 Å². The lowest BCUT2D eigenvalue weighted by atomic mass is 10.1. The van der Waals surface area contributed by atoms with E-state index in [0.29, 0.717) is 12.2 Å². The van der Waals surface area contributed by atoms with Crippen LogP contribution < -0.4 is 4.74 Å². The van der Waals surface area contributed by atoms with Crippen LogP contribution in [0.1, 0.15) is 61.7 Å². The lowest BCUT2D eigenvalue weighted by molar-refractivity contribution is 0.0697. The fourth-order valence-electron chi connectivity index (χ4n) is 2.16. The molecule has 1 aromatic rings. The van der Waals surface area contributed by atoms with Crippen molar-refractivity contribution in [3.8, 4) is 5.75 Å². The number of rotatable bonds is 12. The topological polar surface area (TPSA) is 46.5 Å². The average molecular weight is 290 g/mol. The minimum atomic E-state index is -0.908. The zero-order chi connectivity index (χ0) is 15.3. The largest absolute Gasteiger partial charge is 0.494 e. The number of unbranched alkanes of at least 4 members (excludes halogenated alkanes) is 7. The van der Waals surface area contributed by atoms with Gasteiger partial charge in [-0.15, -0.1) is 6.58 Å². The highest BCUT2D eigenvalue weighted by Gasteiger charge is 2.01. The second-order valence-corrected chi connectivity index (χ2v) is 5.23. The fraction of sp³-hybridized carbons (Fsp3) is 0.500. The summed E-state index contributed by atoms with van der Waals surface area (Å²) < 4.78 is 5.60. The highest BCUT2D eigenvalue weighted by atomic mass is 16.5. The predicted molar refractivity (Wildman–Crippen MR) is 86.0 cm³/mol. The Morgan fingerprint density at radius 1 is 1.00 bits per heavy atom. The van der Waals surface area contributed by atoms with E-state index in [1.807, 2.05) is 6.08 Å². The van der Waals surface area contributed by atoms with Gasteiger partial charge in [0.25, 0.3) is 0 Å². The van der Waals surface area contributed by atoms with Gasteiger partial charge in [0, 0.05) is 0 Å². The van der Waals surface area contributed by atoms with Crippen molar-refractivity contribution in [1.29, 1.82) is 0 Å². The molecule has 0 radical (unpaired) electrons. The van der Waals surface area contributed by atoms with E-state index in [2.05, 4.69) is 6.58 Å². The van der Waals surface area contributed by atoms with Gasteiger partial charge in [0.2, 0.25) is 0 Å². The van der Waals surface area contributed by atoms with Crippen molar-refractivity contribution in [2.45, 2.75) is 51.4 Å². The first-order valence-corrected chi connectivity index (χ1v) is 7.81. The quantitative estimate of drug-likeness (QED) is 0.432. The first-order valence-electron chi connectivity index (χ1n) is 7.81. The molecule has 0 aromatic heterocycles. The molecular weight excluding hydrogens is 264 g/mol. The van der Waals surface area contributed by atoms with Gasteiger partial charge in [-0.3, -0.25) is 0 Å². The Labute approximate surface area is 127 Å². The standard InChI is InChI=1S/C18H26O3/c1-2-3-4-5-6-7-8-9-10-15-21-17-13-11-16(12-14-17)18(19)20/h2,11-14H,1,3-10,15H2,(H,19,20). The van der Waals surface area contributed by atoms with Crippen LogP contribution in [0.3, 0.4) is 0 Å². The van der Waals surface area contributed by atoms with Crippen molar-refractivity contribution in [3.05, 3.63) is 42.5 Å². The summed E-state index contributed by atoms with van der Waals surface area (Å²) in [5.74, 6) is -0.168. The molecule has 0 fully saturated rings. The second-order valence-electron chi connectivity index (χ2n) is 5.23. The fourth-order valence-corrected chi connectivity index (χ4v) is 2.16. The predicted octanol–water partition coefficient (Wildman–Crippen LogP) is 5.07. The number of ether oxygens (including phenoxy) is 1. The molecule has 0 atom stereocenters. The van der Waals surface area contributed by atoms with Crippen molar-refractivity contribution in [1.82, 2.24) is 0 Å². The van der Waals surface area contributed by atoms with E-state index in [1.165, 1.54) is 38.5 Å². The number of aromatic carboxylic acids is 1. The van der Waals surface area contributed by atoms with Crippen LogP contribution in [0.25, 0.3) is 0 Å². The summed E-state index contributed by atoms with van der Waals surface area (Å²) >= 11 is 0. The molecule has 0 amide bonds. The zero-order valence-corrected chi connectivity index (χ0v) is 12.7. The molecule has 21 heavy (non-hydrogen) atoms. The van der Waals surface area contributed by atoms with Crippen molar-refractivity contribution in [3.63, 3.8) is 0 Å². The van der Waals surface area contributed by atoms with Crippen molar-refractivity contribution < 1.29 is 14.6 Å². The molecule has 1 N–H and O–H groups in total. The summed E-state index contributed by atoms with van der Waals surface area (Å²) in [4.78, 5) is 10.7. The number of allylic oxidation sites excluding steroid dienone is 1. The van der Waals surface area contributed by atoms with Crippen LogP contribution >= 0.6 is 0 Å². The molecule has 0 aliphatic carbocycles. The first-order chi connectivity index (χ1) is 10.2. The minimum Gasteiger partial charge on any atom is -0.494 e. The smallest absolute Gasteiger partial charge is 0.335 e. The lowest BCUT2D eigenvalue weighted by Crippen LogP contribution is -1.99. The summed E-state index contributed by atoms with van der Waals surface area (Å²) in [5, 5.41) is 8.79. The van der Waals surface area contributed by atoms with E-state index in [4.69, 9.17) is 9.84 Å². The van der Waals surface area contributed by atoms with Gasteiger partial charge in [-0.2, -0.15) is 0 Å². The van der Waals surface area contributed by atoms with Crippen LogP contribution in [0.2, 0.25) is 0 Å². The summed E-state index contributed by atoms with van der Waals surface area (Å²) in [5.41, 5.74) is 0.291. The third-order valence-corrected chi connectivity index (χ3v) is 3.42. The number of hydrogen-bond acceptors (Lipinski definition) is 2. The maximum absolute atomic E-state index is 10.7. The Morgan fingerprint density at radius 3 is 2.14 bits per heavy atom. The Kier molecular flexibility index (Phi) is 9.01. The number of benzene rings is 1. The highest BCUT2D eigenvalue weighted by Crippen LogP contribution is 2.13. The van der Waals surface area contributed by atoms with Gasteiger partial charge in [0.05, 0.1) is 12.2 Å². The molecule has 0 aliphatic rings. The molecule has 0 aliphatic heterocycles. The van der Waals surface area contributed by atoms with Crippen LogP contribution in [-0.4, -0.2) is 17.7 Å². The van der Waals surface area contributed by atoms with Gasteiger partial charge < -0.3 is 9.84 Å². The molecule has 1 rings (SSSR count). The molecule has 116 valence electrons. The molecule has 0 spiro atoms. The number of hydrogen-bond donors (Lipinski definition) is 1. The maximum Gasteiger partial charge on any atom is 0.335 e. The number of carboxylic acids is 1. The van der Waals surface area contributed by atoms with E-state index in [1.54, 1.807) is 24.3 Å². The van der Waals surface area contributed by atoms with Gasteiger partial charge in [-0.1, -0.05) is 38.2 Å². The Bertz CT molecular complexity index is 409. The summed E-state index contributed by atoms with van der Waals surface area (Å²) in [6, 6.07) is 6.56. The molecule has 0 bridgehead atoms. The van der Waals surface area contributed by atoms with Crippen LogP contribution in [0.5, 0.6) is 5.75 Å². The summed E-state index contributed by atoms with van der Waals surface area (Å²) in [6.07, 6.45) is 11.8. The zero-order valence-electron chi connectivity index (χ0n) is 12.7. The second kappa shape index (κ2) is 11.0. The Balaban J connectivity index is 1.99. The molecule has 0 saturated heterocycles. The summed E-state index contributed by atoms with van der Waals surface area (Å²) in [6.45, 7) is 4.42. The lowest BCUT2D eigenvalue weighted by Gasteiger charge is -2.06. The third kappa shape index (κ3) is 8.18. The van der Waals surface area contributed by atoms with E-state index in [-0.39, 0.29) is 0 Å². The maximum atomic E-state index is 10.7. The molecular formula is C18H26O3. The van der Waals surface area contributed by atoms with Crippen LogP contribution in [-0.2, 0) is 0 Å². The SMILES string of the molecule is C=CCCCCCCCCCOc1ccc(C(=O)O)cc1. The molecule has 0 saturated carbocycles. The normalized spacial score (nSPS) is 10.3. The van der Waals surface area contributed by atoms with E-state index < -0.39 is 5.97 Å². The number of carboxylic acid groups (broad SMARTS) is 1. The monoisotopic (exact) mass is 290 g/mol. The van der Waals surface area contributed by atoms with Crippen molar-refractivity contribution >= 4 is 5.97 Å². The molecule has 0 heterocycles. The van der Waals surface area contributed by atoms with Crippen LogP contribution in [0, 0.1) is 0 Å². The highest BCUT2D eigenvalue weighted by molar-refractivity contribution is 5.87. The van der Waals surface area contributed by atoms with E-state index in [9.17, 15) is 4.79 Å². The Morgan fingerprint density at radius 2 is 1.57 bits per heavy atom. The molecule has 0 unspecified atom stereocenters. The van der Waals surface area contributed by atoms with Crippen molar-refractivity contribution in [2.75, 3.05) is 6.61 Å². The number of carbonyl (C=O) groups is 1. The van der Waals surface area contributed by atoms with Gasteiger partial charge in [0.15, 0.2) is 0 Å². The molecule has 3 nitrogen and oxygen atoms in total. The minimum absolute atomic E-state index is 0.291. The molecule has 1 aromatic carbocycles. The summed E-state index contributed by atoms with van der Waals surface area (Å²) in [7, 11) is 0. The van der Waals surface area contributed by atoms with Crippen LogP contribution in [0.15, 0.2) is 36.9 Å². The van der Waals surface area contributed by atoms with Gasteiger partial charge in [-0.25, -0.2) is 4.79 Å². The van der Waals surface area contributed by atoms with Crippen molar-refractivity contribution in [2.24, 2.45) is 0 Å². The third-order valence-electron chi connectivity index (χ3n) is 3.42. The van der Waals surface area contributed by atoms with E-state index in [0.717, 1.165) is 18.6 Å². The van der Waals surface area contributed by atoms with Gasteiger partial charge in [0.1, 0.15) is 5.75 Å². The van der Waals surface area contributed by atoms with Gasteiger partial charge in [-0.05, 0) is 43.5 Å². The molecule has 3 heteroatoms. The first kappa shape index (κ1) is 17.3. The Hall–Kier alpha value is -1.77. The van der Waals surface area contributed by atoms with Crippen LogP contribution in [0.4, 0.5) is 0 Å². The van der Waals surface area contributed by atoms with E-state index >= 15 is 0 Å². The average Bonchev–Trinajstić information content (AvgIpc) is 2.49.